The Morgan fingerprint density at radius 3 is 2.48 bits per heavy atom. The maximum Gasteiger partial charge on any atom is 0.225 e. The maximum atomic E-state index is 13.5. The van der Waals surface area contributed by atoms with Crippen molar-refractivity contribution in [1.82, 2.24) is 5.32 Å². The summed E-state index contributed by atoms with van der Waals surface area (Å²) in [7, 11) is 0. The summed E-state index contributed by atoms with van der Waals surface area (Å²) in [6, 6.07) is 13.6. The Labute approximate surface area is 128 Å². The van der Waals surface area contributed by atoms with Crippen molar-refractivity contribution >= 4 is 17.5 Å². The number of halogens is 2. The molecule has 0 bridgehead atoms. The van der Waals surface area contributed by atoms with E-state index in [2.05, 4.69) is 5.32 Å². The van der Waals surface area contributed by atoms with Gasteiger partial charge in [-0.05, 0) is 35.7 Å². The van der Waals surface area contributed by atoms with Crippen LogP contribution in [0.25, 0.3) is 0 Å². The lowest BCUT2D eigenvalue weighted by atomic mass is 10.0. The highest BCUT2D eigenvalue weighted by Gasteiger charge is 2.14. The molecule has 0 spiro atoms. The molecule has 4 heteroatoms. The highest BCUT2D eigenvalue weighted by Crippen LogP contribution is 2.19. The normalized spacial score (nSPS) is 12.0. The molecule has 0 fully saturated rings. The molecule has 0 aliphatic rings. The Bertz CT molecular complexity index is 612. The highest BCUT2D eigenvalue weighted by molar-refractivity contribution is 6.30. The van der Waals surface area contributed by atoms with Crippen LogP contribution >= 0.6 is 11.6 Å². The monoisotopic (exact) mass is 305 g/mol. The van der Waals surface area contributed by atoms with Gasteiger partial charge in [0.25, 0.3) is 0 Å². The minimum Gasteiger partial charge on any atom is -0.349 e. The van der Waals surface area contributed by atoms with Gasteiger partial charge in [0.2, 0.25) is 5.91 Å². The molecule has 2 rings (SSSR count). The predicted octanol–water partition coefficient (Wildman–Crippen LogP) is 4.29. The molecular weight excluding hydrogens is 289 g/mol. The minimum atomic E-state index is -0.354. The zero-order chi connectivity index (χ0) is 15.2. The van der Waals surface area contributed by atoms with Gasteiger partial charge in [0.05, 0.1) is 12.5 Å². The van der Waals surface area contributed by atoms with Crippen molar-refractivity contribution in [2.24, 2.45) is 0 Å². The topological polar surface area (TPSA) is 29.1 Å². The van der Waals surface area contributed by atoms with E-state index >= 15 is 0 Å². The summed E-state index contributed by atoms with van der Waals surface area (Å²) in [4.78, 5) is 12.1. The van der Waals surface area contributed by atoms with E-state index in [1.807, 2.05) is 19.1 Å². The molecule has 2 aromatic rings. The molecule has 2 aromatic carbocycles. The van der Waals surface area contributed by atoms with Crippen LogP contribution in [0.15, 0.2) is 48.5 Å². The Hall–Kier alpha value is -1.87. The number of carbonyl (C=O) groups is 1. The number of hydrogen-bond donors (Lipinski definition) is 1. The molecular formula is C17H17ClFNO. The molecule has 0 saturated carbocycles. The van der Waals surface area contributed by atoms with E-state index in [0.29, 0.717) is 10.6 Å². The van der Waals surface area contributed by atoms with Crippen LogP contribution in [0, 0.1) is 5.82 Å². The van der Waals surface area contributed by atoms with Crippen LogP contribution in [0.1, 0.15) is 30.5 Å². The van der Waals surface area contributed by atoms with Crippen LogP contribution in [-0.2, 0) is 11.2 Å². The first-order valence-electron chi connectivity index (χ1n) is 6.88. The third kappa shape index (κ3) is 4.30. The molecule has 21 heavy (non-hydrogen) atoms. The van der Waals surface area contributed by atoms with Gasteiger partial charge in [-0.2, -0.15) is 0 Å². The first kappa shape index (κ1) is 15.5. The van der Waals surface area contributed by atoms with Gasteiger partial charge >= 0.3 is 0 Å². The van der Waals surface area contributed by atoms with Crippen molar-refractivity contribution in [2.45, 2.75) is 25.8 Å². The molecule has 1 unspecified atom stereocenters. The second-order valence-corrected chi connectivity index (χ2v) is 5.28. The summed E-state index contributed by atoms with van der Waals surface area (Å²) in [5.74, 6) is -0.547. The van der Waals surface area contributed by atoms with E-state index in [9.17, 15) is 9.18 Å². The summed E-state index contributed by atoms with van der Waals surface area (Å²) >= 11 is 5.86. The lowest BCUT2D eigenvalue weighted by Gasteiger charge is -2.17. The number of carbonyl (C=O) groups excluding carboxylic acids is 1. The fourth-order valence-corrected chi connectivity index (χ4v) is 2.30. The predicted molar refractivity (Wildman–Crippen MR) is 82.7 cm³/mol. The van der Waals surface area contributed by atoms with Gasteiger partial charge in [-0.1, -0.05) is 48.9 Å². The van der Waals surface area contributed by atoms with Crippen molar-refractivity contribution in [2.75, 3.05) is 0 Å². The van der Waals surface area contributed by atoms with Crippen molar-refractivity contribution in [3.8, 4) is 0 Å². The zero-order valence-corrected chi connectivity index (χ0v) is 12.5. The molecule has 2 nitrogen and oxygen atoms in total. The molecule has 0 aliphatic carbocycles. The summed E-state index contributed by atoms with van der Waals surface area (Å²) in [6.07, 6.45) is 0.793. The Balaban J connectivity index is 2.03. The number of benzene rings is 2. The van der Waals surface area contributed by atoms with Gasteiger partial charge in [0.1, 0.15) is 5.82 Å². The number of nitrogens with one attached hydrogen (secondary N) is 1. The first-order chi connectivity index (χ1) is 10.1. The second-order valence-electron chi connectivity index (χ2n) is 4.85. The van der Waals surface area contributed by atoms with Crippen molar-refractivity contribution < 1.29 is 9.18 Å². The average molecular weight is 306 g/mol. The summed E-state index contributed by atoms with van der Waals surface area (Å²) in [5, 5.41) is 3.59. The number of amides is 1. The Kier molecular flexibility index (Phi) is 5.34. The van der Waals surface area contributed by atoms with E-state index in [-0.39, 0.29) is 24.2 Å². The van der Waals surface area contributed by atoms with E-state index in [1.54, 1.807) is 30.3 Å². The minimum absolute atomic E-state index is 0.0385. The molecule has 0 aromatic heterocycles. The standard InChI is InChI=1S/C17H17ClFNO/c1-2-16(12-7-9-14(18)10-8-12)20-17(21)11-13-5-3-4-6-15(13)19/h3-10,16H,2,11H2,1H3,(H,20,21). The fraction of sp³-hybridized carbons (Fsp3) is 0.235. The van der Waals surface area contributed by atoms with Crippen molar-refractivity contribution in [3.05, 3.63) is 70.5 Å². The maximum absolute atomic E-state index is 13.5. The highest BCUT2D eigenvalue weighted by atomic mass is 35.5. The lowest BCUT2D eigenvalue weighted by Crippen LogP contribution is -2.29. The molecule has 0 heterocycles. The number of rotatable bonds is 5. The van der Waals surface area contributed by atoms with Crippen LogP contribution in [-0.4, -0.2) is 5.91 Å². The molecule has 110 valence electrons. The summed E-state index contributed by atoms with van der Waals surface area (Å²) < 4.78 is 13.5. The summed E-state index contributed by atoms with van der Waals surface area (Å²) in [6.45, 7) is 1.99. The molecule has 0 aliphatic heterocycles. The number of hydrogen-bond acceptors (Lipinski definition) is 1. The van der Waals surface area contributed by atoms with Gasteiger partial charge < -0.3 is 5.32 Å². The van der Waals surface area contributed by atoms with E-state index in [1.165, 1.54) is 6.07 Å². The van der Waals surface area contributed by atoms with Gasteiger partial charge in [-0.25, -0.2) is 4.39 Å². The third-order valence-corrected chi connectivity index (χ3v) is 3.58. The summed E-state index contributed by atoms with van der Waals surface area (Å²) in [5.41, 5.74) is 1.39. The van der Waals surface area contributed by atoms with Gasteiger partial charge in [-0.3, -0.25) is 4.79 Å². The van der Waals surface area contributed by atoms with Gasteiger partial charge in [0, 0.05) is 5.02 Å². The molecule has 1 atom stereocenters. The molecule has 0 saturated heterocycles. The van der Waals surface area contributed by atoms with Crippen molar-refractivity contribution in [1.29, 1.82) is 0 Å². The van der Waals surface area contributed by atoms with E-state index < -0.39 is 0 Å². The van der Waals surface area contributed by atoms with Crippen LogP contribution in [0.4, 0.5) is 4.39 Å². The average Bonchev–Trinajstić information content (AvgIpc) is 2.48. The SMILES string of the molecule is CCC(NC(=O)Cc1ccccc1F)c1ccc(Cl)cc1. The Morgan fingerprint density at radius 2 is 1.86 bits per heavy atom. The van der Waals surface area contributed by atoms with Crippen LogP contribution in [0.5, 0.6) is 0 Å². The van der Waals surface area contributed by atoms with Crippen LogP contribution in [0.3, 0.4) is 0 Å². The van der Waals surface area contributed by atoms with Gasteiger partial charge in [-0.15, -0.1) is 0 Å². The van der Waals surface area contributed by atoms with E-state index in [0.717, 1.165) is 12.0 Å². The first-order valence-corrected chi connectivity index (χ1v) is 7.26. The second kappa shape index (κ2) is 7.23. The smallest absolute Gasteiger partial charge is 0.225 e. The largest absolute Gasteiger partial charge is 0.349 e. The van der Waals surface area contributed by atoms with Crippen molar-refractivity contribution in [3.63, 3.8) is 0 Å². The molecule has 0 radical (unpaired) electrons. The zero-order valence-electron chi connectivity index (χ0n) is 11.8. The van der Waals surface area contributed by atoms with Crippen LogP contribution < -0.4 is 5.32 Å². The van der Waals surface area contributed by atoms with Crippen LogP contribution in [0.2, 0.25) is 5.02 Å². The Morgan fingerprint density at radius 1 is 1.19 bits per heavy atom. The van der Waals surface area contributed by atoms with Gasteiger partial charge in [0.15, 0.2) is 0 Å². The fourth-order valence-electron chi connectivity index (χ4n) is 2.18. The quantitative estimate of drug-likeness (QED) is 0.877. The lowest BCUT2D eigenvalue weighted by molar-refractivity contribution is -0.121. The third-order valence-electron chi connectivity index (χ3n) is 3.32. The van der Waals surface area contributed by atoms with E-state index in [4.69, 9.17) is 11.6 Å². The molecule has 1 N–H and O–H groups in total. The molecule has 1 amide bonds.